The maximum Gasteiger partial charge on any atom is 0.0910 e. The van der Waals surface area contributed by atoms with Crippen molar-refractivity contribution in [3.8, 4) is 5.75 Å². The molecule has 0 aromatic heterocycles. The van der Waals surface area contributed by atoms with Crippen LogP contribution in [0, 0.1) is 12.8 Å². The summed E-state index contributed by atoms with van der Waals surface area (Å²) in [5.74, 6) is 1.71. The zero-order valence-electron chi connectivity index (χ0n) is 8.54. The van der Waals surface area contributed by atoms with Crippen LogP contribution in [0.15, 0.2) is 24.3 Å². The van der Waals surface area contributed by atoms with E-state index in [1.165, 1.54) is 5.92 Å². The van der Waals surface area contributed by atoms with Gasteiger partial charge < -0.3 is 11.0 Å². The molecule has 0 amide bonds. The Balaban J connectivity index is 0. The molecular formula is C11H16OY-2. The summed E-state index contributed by atoms with van der Waals surface area (Å²) in [7, 11) is 0. The van der Waals surface area contributed by atoms with Gasteiger partial charge in [-0.3, -0.25) is 0 Å². The predicted molar refractivity (Wildman–Crippen MR) is 52.8 cm³/mol. The van der Waals surface area contributed by atoms with Gasteiger partial charge in [-0.25, -0.2) is 0 Å². The molecule has 0 aliphatic heterocycles. The molecule has 0 heterocycles. The van der Waals surface area contributed by atoms with Crippen molar-refractivity contribution in [1.29, 1.82) is 0 Å². The molecule has 0 saturated carbocycles. The summed E-state index contributed by atoms with van der Waals surface area (Å²) in [5.41, 5.74) is 0.919. The van der Waals surface area contributed by atoms with E-state index >= 15 is 0 Å². The number of phenols is 1. The van der Waals surface area contributed by atoms with Crippen LogP contribution < -0.4 is 0 Å². The van der Waals surface area contributed by atoms with E-state index in [0.717, 1.165) is 5.56 Å². The third kappa shape index (κ3) is 12.0. The van der Waals surface area contributed by atoms with Crippen LogP contribution in [0.5, 0.6) is 5.75 Å². The van der Waals surface area contributed by atoms with E-state index in [2.05, 4.69) is 27.7 Å². The molecule has 1 nitrogen and oxygen atoms in total. The van der Waals surface area contributed by atoms with Crippen molar-refractivity contribution < 1.29 is 37.8 Å². The number of hydrogen-bond acceptors (Lipinski definition) is 1. The van der Waals surface area contributed by atoms with Crippen LogP contribution in [0.4, 0.5) is 0 Å². The van der Waals surface area contributed by atoms with Gasteiger partial charge in [-0.2, -0.15) is 45.4 Å². The normalized spacial score (nSPS) is 8.31. The van der Waals surface area contributed by atoms with E-state index in [1.54, 1.807) is 24.3 Å². The van der Waals surface area contributed by atoms with Crippen LogP contribution in [0.2, 0.25) is 0 Å². The van der Waals surface area contributed by atoms with Crippen molar-refractivity contribution in [3.05, 3.63) is 42.7 Å². The van der Waals surface area contributed by atoms with Gasteiger partial charge in [-0.05, 0) is 0 Å². The Morgan fingerprint density at radius 1 is 1.08 bits per heavy atom. The molecule has 0 atom stereocenters. The molecule has 0 saturated heterocycles. The summed E-state index contributed by atoms with van der Waals surface area (Å²) in [4.78, 5) is 0. The van der Waals surface area contributed by atoms with E-state index in [-0.39, 0.29) is 38.5 Å². The molecule has 13 heavy (non-hydrogen) atoms. The molecule has 0 aliphatic rings. The van der Waals surface area contributed by atoms with E-state index in [9.17, 15) is 0 Å². The van der Waals surface area contributed by atoms with Crippen molar-refractivity contribution in [1.82, 2.24) is 0 Å². The molecule has 1 aromatic rings. The molecular weight excluding hydrogens is 237 g/mol. The minimum atomic E-state index is 0. The summed E-state index contributed by atoms with van der Waals surface area (Å²) in [6.45, 7) is 9.90. The second-order valence-corrected chi connectivity index (χ2v) is 3.17. The van der Waals surface area contributed by atoms with Gasteiger partial charge in [-0.15, -0.1) is 0 Å². The minimum absolute atomic E-state index is 0. The summed E-state index contributed by atoms with van der Waals surface area (Å²) >= 11 is 0. The minimum Gasteiger partial charge on any atom is -0.510 e. The smallest absolute Gasteiger partial charge is 0.0910 e. The maximum absolute atomic E-state index is 8.73. The van der Waals surface area contributed by atoms with E-state index in [4.69, 9.17) is 5.11 Å². The Labute approximate surface area is 106 Å². The molecule has 1 N–H and O–H groups in total. The van der Waals surface area contributed by atoms with Gasteiger partial charge >= 0.3 is 0 Å². The molecule has 1 aromatic carbocycles. The van der Waals surface area contributed by atoms with Gasteiger partial charge in [0.1, 0.15) is 0 Å². The first kappa shape index (κ1) is 15.5. The van der Waals surface area contributed by atoms with Crippen LogP contribution in [0.1, 0.15) is 26.3 Å². The largest absolute Gasteiger partial charge is 0.510 e. The fourth-order valence-corrected chi connectivity index (χ4v) is 0.496. The standard InChI is InChI=1S/C7H7O.C4H9.Y/c1-6-2-4-7(8)5-3-6;1-4(2)3;/h2-5,8H,1H2;1-3H3;/q2*-1;. The van der Waals surface area contributed by atoms with E-state index in [0.29, 0.717) is 0 Å². The second-order valence-electron chi connectivity index (χ2n) is 3.17. The first-order valence-electron chi connectivity index (χ1n) is 3.90. The third-order valence-electron chi connectivity index (χ3n) is 0.936. The van der Waals surface area contributed by atoms with Crippen molar-refractivity contribution in [2.45, 2.75) is 20.8 Å². The Hall–Kier alpha value is -0.00610. The van der Waals surface area contributed by atoms with Gasteiger partial charge in [0.2, 0.25) is 0 Å². The zero-order chi connectivity index (χ0) is 9.56. The molecule has 1 rings (SSSR count). The number of benzene rings is 1. The van der Waals surface area contributed by atoms with Crippen LogP contribution in [-0.2, 0) is 32.7 Å². The number of hydrogen-bond donors (Lipinski definition) is 1. The number of phenolic OH excluding ortho intramolecular Hbond substituents is 1. The van der Waals surface area contributed by atoms with Crippen molar-refractivity contribution in [3.63, 3.8) is 0 Å². The zero-order valence-corrected chi connectivity index (χ0v) is 11.4. The molecule has 0 fully saturated rings. The summed E-state index contributed by atoms with van der Waals surface area (Å²) in [6, 6.07) is 6.75. The Bertz CT molecular complexity index is 180. The van der Waals surface area contributed by atoms with Crippen LogP contribution in [0.25, 0.3) is 0 Å². The molecule has 1 radical (unpaired) electrons. The van der Waals surface area contributed by atoms with Crippen molar-refractivity contribution >= 4 is 0 Å². The van der Waals surface area contributed by atoms with E-state index in [1.807, 2.05) is 0 Å². The fraction of sp³-hybridized carbons (Fsp3) is 0.273. The van der Waals surface area contributed by atoms with Crippen LogP contribution >= 0.6 is 0 Å². The average Bonchev–Trinajstić information content (AvgIpc) is 1.94. The van der Waals surface area contributed by atoms with Crippen LogP contribution in [-0.4, -0.2) is 5.11 Å². The van der Waals surface area contributed by atoms with Gasteiger partial charge in [-0.1, -0.05) is 12.1 Å². The predicted octanol–water partition coefficient (Wildman–Crippen LogP) is 3.19. The Kier molecular flexibility index (Phi) is 10.2. The number of rotatable bonds is 0. The van der Waals surface area contributed by atoms with Gasteiger partial charge in [0, 0.05) is 32.7 Å². The molecule has 0 aliphatic carbocycles. The van der Waals surface area contributed by atoms with Gasteiger partial charge in [0.15, 0.2) is 0 Å². The fourth-order valence-electron chi connectivity index (χ4n) is 0.496. The molecule has 0 bridgehead atoms. The van der Waals surface area contributed by atoms with Crippen LogP contribution in [0.3, 0.4) is 0 Å². The molecule has 0 spiro atoms. The van der Waals surface area contributed by atoms with E-state index < -0.39 is 0 Å². The summed E-state index contributed by atoms with van der Waals surface area (Å²) < 4.78 is 0. The van der Waals surface area contributed by atoms with Gasteiger partial charge in [0.05, 0.1) is 5.75 Å². The number of aromatic hydroxyl groups is 1. The SMILES string of the molecule is C[C-](C)C.[CH2-]c1ccc(O)cc1.[Y]. The van der Waals surface area contributed by atoms with Gasteiger partial charge in [0.25, 0.3) is 0 Å². The third-order valence-corrected chi connectivity index (χ3v) is 0.936. The Morgan fingerprint density at radius 3 is 1.62 bits per heavy atom. The topological polar surface area (TPSA) is 20.2 Å². The molecule has 0 unspecified atom stereocenters. The summed E-state index contributed by atoms with van der Waals surface area (Å²) in [6.07, 6.45) is 0. The van der Waals surface area contributed by atoms with Crippen molar-refractivity contribution in [2.24, 2.45) is 0 Å². The monoisotopic (exact) mass is 253 g/mol. The van der Waals surface area contributed by atoms with Crippen molar-refractivity contribution in [2.75, 3.05) is 0 Å². The Morgan fingerprint density at radius 2 is 1.38 bits per heavy atom. The average molecular weight is 253 g/mol. The maximum atomic E-state index is 8.73. The molecule has 2 heteroatoms. The first-order valence-corrected chi connectivity index (χ1v) is 3.90. The summed E-state index contributed by atoms with van der Waals surface area (Å²) in [5, 5.41) is 8.73. The quantitative estimate of drug-likeness (QED) is 0.704. The molecule has 71 valence electrons. The second kappa shape index (κ2) is 8.59. The first-order chi connectivity index (χ1) is 5.52.